The molecule has 1 unspecified atom stereocenters. The van der Waals surface area contributed by atoms with E-state index >= 15 is 0 Å². The first-order chi connectivity index (χ1) is 13.7. The number of fused-ring (bicyclic) bond motifs is 1. The van der Waals surface area contributed by atoms with Crippen LogP contribution < -0.4 is 14.8 Å². The molecule has 152 valence electrons. The Kier molecular flexibility index (Phi) is 6.23. The van der Waals surface area contributed by atoms with Crippen LogP contribution in [0.3, 0.4) is 0 Å². The number of anilines is 1. The lowest BCUT2D eigenvalue weighted by atomic mass is 10.2. The number of carbonyl (C=O) groups is 2. The van der Waals surface area contributed by atoms with Gasteiger partial charge in [0.1, 0.15) is 19.3 Å². The van der Waals surface area contributed by atoms with Gasteiger partial charge >= 0.3 is 0 Å². The molecular weight excluding hydrogens is 382 g/mol. The number of carbonyl (C=O) groups excluding carboxylic acids is 2. The minimum Gasteiger partial charge on any atom is -0.486 e. The number of ether oxygens (including phenoxy) is 3. The summed E-state index contributed by atoms with van der Waals surface area (Å²) in [5.41, 5.74) is 0.668. The van der Waals surface area contributed by atoms with Crippen molar-refractivity contribution in [1.29, 1.82) is 0 Å². The van der Waals surface area contributed by atoms with E-state index in [1.54, 1.807) is 18.2 Å². The van der Waals surface area contributed by atoms with E-state index in [0.29, 0.717) is 50.1 Å². The predicted molar refractivity (Wildman–Crippen MR) is 106 cm³/mol. The topological polar surface area (TPSA) is 80.3 Å². The van der Waals surface area contributed by atoms with Crippen molar-refractivity contribution in [2.45, 2.75) is 6.10 Å². The van der Waals surface area contributed by atoms with Gasteiger partial charge in [-0.25, -0.2) is 0 Å². The fraction of sp³-hybridized carbons (Fsp3) is 0.579. The molecule has 8 nitrogen and oxygen atoms in total. The zero-order valence-electron chi connectivity index (χ0n) is 15.7. The van der Waals surface area contributed by atoms with Gasteiger partial charge in [-0.3, -0.25) is 14.5 Å². The van der Waals surface area contributed by atoms with Gasteiger partial charge in [-0.05, 0) is 12.1 Å². The Morgan fingerprint density at radius 3 is 2.68 bits per heavy atom. The van der Waals surface area contributed by atoms with Gasteiger partial charge in [0.15, 0.2) is 11.5 Å². The van der Waals surface area contributed by atoms with Crippen LogP contribution in [0.25, 0.3) is 0 Å². The summed E-state index contributed by atoms with van der Waals surface area (Å²) in [6, 6.07) is 5.36. The summed E-state index contributed by atoms with van der Waals surface area (Å²) in [4.78, 5) is 29.0. The third kappa shape index (κ3) is 4.71. The van der Waals surface area contributed by atoms with Gasteiger partial charge in [0.2, 0.25) is 5.91 Å². The molecule has 1 aromatic carbocycles. The first-order valence-electron chi connectivity index (χ1n) is 9.59. The summed E-state index contributed by atoms with van der Waals surface area (Å²) in [6.45, 7) is 4.33. The molecule has 4 rings (SSSR count). The van der Waals surface area contributed by atoms with Crippen molar-refractivity contribution in [2.24, 2.45) is 0 Å². The summed E-state index contributed by atoms with van der Waals surface area (Å²) < 4.78 is 16.7. The molecule has 0 bridgehead atoms. The average molecular weight is 407 g/mol. The van der Waals surface area contributed by atoms with E-state index in [1.807, 2.05) is 21.6 Å². The fourth-order valence-electron chi connectivity index (χ4n) is 3.51. The van der Waals surface area contributed by atoms with Crippen molar-refractivity contribution in [2.75, 3.05) is 69.4 Å². The van der Waals surface area contributed by atoms with Crippen molar-refractivity contribution in [3.63, 3.8) is 0 Å². The van der Waals surface area contributed by atoms with E-state index in [-0.39, 0.29) is 18.4 Å². The Morgan fingerprint density at radius 2 is 1.86 bits per heavy atom. The SMILES string of the molecule is O=C(CN1CCOC(C(=O)N2CCSCC2)C1)Nc1ccc2c(c1)OCCO2. The lowest BCUT2D eigenvalue weighted by Gasteiger charge is -2.35. The Bertz CT molecular complexity index is 726. The third-order valence-corrected chi connectivity index (χ3v) is 5.88. The van der Waals surface area contributed by atoms with Crippen LogP contribution in [-0.2, 0) is 14.3 Å². The number of amides is 2. The van der Waals surface area contributed by atoms with Gasteiger partial charge in [-0.2, -0.15) is 11.8 Å². The first kappa shape index (κ1) is 19.4. The molecule has 0 spiro atoms. The van der Waals surface area contributed by atoms with Crippen molar-refractivity contribution in [3.05, 3.63) is 18.2 Å². The fourth-order valence-corrected chi connectivity index (χ4v) is 4.41. The number of rotatable bonds is 4. The molecular formula is C19H25N3O5S. The number of nitrogens with zero attached hydrogens (tertiary/aromatic N) is 2. The number of morpholine rings is 1. The van der Waals surface area contributed by atoms with Crippen molar-refractivity contribution < 1.29 is 23.8 Å². The number of nitrogens with one attached hydrogen (secondary N) is 1. The monoisotopic (exact) mass is 407 g/mol. The van der Waals surface area contributed by atoms with Crippen LogP contribution in [0.2, 0.25) is 0 Å². The summed E-state index contributed by atoms with van der Waals surface area (Å²) in [5, 5.41) is 2.89. The molecule has 1 aromatic rings. The highest BCUT2D eigenvalue weighted by Gasteiger charge is 2.31. The predicted octanol–water partition coefficient (Wildman–Crippen LogP) is 0.673. The van der Waals surface area contributed by atoms with Crippen LogP contribution in [0.5, 0.6) is 11.5 Å². The van der Waals surface area contributed by atoms with Crippen LogP contribution >= 0.6 is 11.8 Å². The lowest BCUT2D eigenvalue weighted by Crippen LogP contribution is -2.53. The van der Waals surface area contributed by atoms with E-state index in [0.717, 1.165) is 24.6 Å². The van der Waals surface area contributed by atoms with Crippen LogP contribution in [0, 0.1) is 0 Å². The summed E-state index contributed by atoms with van der Waals surface area (Å²) in [7, 11) is 0. The molecule has 0 aliphatic carbocycles. The highest BCUT2D eigenvalue weighted by atomic mass is 32.2. The molecule has 1 atom stereocenters. The zero-order chi connectivity index (χ0) is 19.3. The molecule has 3 heterocycles. The molecule has 9 heteroatoms. The molecule has 2 fully saturated rings. The molecule has 3 aliphatic rings. The van der Waals surface area contributed by atoms with Crippen molar-refractivity contribution in [3.8, 4) is 11.5 Å². The van der Waals surface area contributed by atoms with E-state index in [1.165, 1.54) is 0 Å². The maximum Gasteiger partial charge on any atom is 0.253 e. The van der Waals surface area contributed by atoms with Gasteiger partial charge in [-0.15, -0.1) is 0 Å². The second kappa shape index (κ2) is 9.02. The van der Waals surface area contributed by atoms with E-state index in [2.05, 4.69) is 5.32 Å². The number of thioether (sulfide) groups is 1. The third-order valence-electron chi connectivity index (χ3n) is 4.94. The summed E-state index contributed by atoms with van der Waals surface area (Å²) >= 11 is 1.87. The molecule has 2 saturated heterocycles. The van der Waals surface area contributed by atoms with E-state index < -0.39 is 6.10 Å². The average Bonchev–Trinajstić information content (AvgIpc) is 2.74. The van der Waals surface area contributed by atoms with Gasteiger partial charge in [-0.1, -0.05) is 0 Å². The summed E-state index contributed by atoms with van der Waals surface area (Å²) in [5.74, 6) is 3.19. The van der Waals surface area contributed by atoms with Crippen LogP contribution in [0.15, 0.2) is 18.2 Å². The number of hydrogen-bond acceptors (Lipinski definition) is 7. The Morgan fingerprint density at radius 1 is 1.07 bits per heavy atom. The first-order valence-corrected chi connectivity index (χ1v) is 10.7. The maximum atomic E-state index is 12.7. The normalized spacial score (nSPS) is 22.6. The second-order valence-electron chi connectivity index (χ2n) is 6.94. The van der Waals surface area contributed by atoms with Crippen molar-refractivity contribution in [1.82, 2.24) is 9.80 Å². The zero-order valence-corrected chi connectivity index (χ0v) is 16.5. The second-order valence-corrected chi connectivity index (χ2v) is 8.16. The lowest BCUT2D eigenvalue weighted by molar-refractivity contribution is -0.149. The highest BCUT2D eigenvalue weighted by molar-refractivity contribution is 7.99. The smallest absolute Gasteiger partial charge is 0.253 e. The van der Waals surface area contributed by atoms with Crippen molar-refractivity contribution >= 4 is 29.3 Å². The standard InChI is InChI=1S/C19H25N3O5S/c23-18(20-14-1-2-15-16(11-14)27-8-7-26-15)13-21-3-6-25-17(12-21)19(24)22-4-9-28-10-5-22/h1-2,11,17H,3-10,12-13H2,(H,20,23). The van der Waals surface area contributed by atoms with Gasteiger partial charge < -0.3 is 24.4 Å². The maximum absolute atomic E-state index is 12.7. The van der Waals surface area contributed by atoms with Gasteiger partial charge in [0.25, 0.3) is 5.91 Å². The minimum absolute atomic E-state index is 0.0391. The Labute approximate surface area is 168 Å². The Balaban J connectivity index is 1.29. The van der Waals surface area contributed by atoms with E-state index in [4.69, 9.17) is 14.2 Å². The van der Waals surface area contributed by atoms with Crippen LogP contribution in [0.1, 0.15) is 0 Å². The van der Waals surface area contributed by atoms with Crippen LogP contribution in [0.4, 0.5) is 5.69 Å². The summed E-state index contributed by atoms with van der Waals surface area (Å²) in [6.07, 6.45) is -0.487. The molecule has 3 aliphatic heterocycles. The molecule has 0 aromatic heterocycles. The van der Waals surface area contributed by atoms with Crippen LogP contribution in [-0.4, -0.2) is 91.8 Å². The highest BCUT2D eigenvalue weighted by Crippen LogP contribution is 2.32. The van der Waals surface area contributed by atoms with Gasteiger partial charge in [0.05, 0.1) is 13.2 Å². The number of hydrogen-bond donors (Lipinski definition) is 1. The molecule has 0 saturated carbocycles. The molecule has 0 radical (unpaired) electrons. The number of benzene rings is 1. The molecule has 28 heavy (non-hydrogen) atoms. The molecule has 1 N–H and O–H groups in total. The minimum atomic E-state index is -0.487. The van der Waals surface area contributed by atoms with E-state index in [9.17, 15) is 9.59 Å². The Hall–Kier alpha value is -1.97. The quantitative estimate of drug-likeness (QED) is 0.786. The molecule has 2 amide bonds. The largest absolute Gasteiger partial charge is 0.486 e. The van der Waals surface area contributed by atoms with Gasteiger partial charge in [0, 0.05) is 49.4 Å².